The molecule has 0 bridgehead atoms. The van der Waals surface area contributed by atoms with E-state index in [1.807, 2.05) is 0 Å². The Labute approximate surface area is 88.1 Å². The van der Waals surface area contributed by atoms with Crippen LogP contribution >= 0.6 is 0 Å². The first-order valence-electron chi connectivity index (χ1n) is 6.14. The summed E-state index contributed by atoms with van der Waals surface area (Å²) in [6, 6.07) is 1.53. The number of hydrogen-bond acceptors (Lipinski definition) is 2. The summed E-state index contributed by atoms with van der Waals surface area (Å²) in [5.41, 5.74) is 0. The topological polar surface area (TPSA) is 15.3 Å². The predicted octanol–water partition coefficient (Wildman–Crippen LogP) is 1.71. The van der Waals surface area contributed by atoms with E-state index < -0.39 is 0 Å². The van der Waals surface area contributed by atoms with E-state index in [1.165, 1.54) is 32.5 Å². The van der Waals surface area contributed by atoms with Crippen LogP contribution in [0.25, 0.3) is 0 Å². The third-order valence-corrected chi connectivity index (χ3v) is 4.14. The van der Waals surface area contributed by atoms with Crippen LogP contribution in [0.5, 0.6) is 0 Å². The normalized spacial score (nSPS) is 45.6. The van der Waals surface area contributed by atoms with Gasteiger partial charge in [-0.25, -0.2) is 0 Å². The van der Waals surface area contributed by atoms with Crippen LogP contribution in [0, 0.1) is 11.8 Å². The van der Waals surface area contributed by atoms with Crippen molar-refractivity contribution in [3.8, 4) is 0 Å². The van der Waals surface area contributed by atoms with Gasteiger partial charge in [-0.15, -0.1) is 0 Å². The third-order valence-electron chi connectivity index (χ3n) is 4.14. The van der Waals surface area contributed by atoms with Crippen molar-refractivity contribution < 1.29 is 0 Å². The van der Waals surface area contributed by atoms with Crippen LogP contribution in [0.4, 0.5) is 0 Å². The van der Waals surface area contributed by atoms with Crippen molar-refractivity contribution in [3.05, 3.63) is 0 Å². The summed E-state index contributed by atoms with van der Waals surface area (Å²) in [7, 11) is 0. The van der Waals surface area contributed by atoms with Gasteiger partial charge in [0, 0.05) is 25.2 Å². The highest BCUT2D eigenvalue weighted by Crippen LogP contribution is 2.24. The Morgan fingerprint density at radius 2 is 2.00 bits per heavy atom. The number of nitrogens with one attached hydrogen (secondary N) is 1. The summed E-state index contributed by atoms with van der Waals surface area (Å²) in [5, 5.41) is 3.63. The fraction of sp³-hybridized carbons (Fsp3) is 1.00. The summed E-state index contributed by atoms with van der Waals surface area (Å²) >= 11 is 0. The minimum absolute atomic E-state index is 0.714. The fourth-order valence-electron chi connectivity index (χ4n) is 2.82. The Morgan fingerprint density at radius 3 is 2.57 bits per heavy atom. The molecular formula is C12H24N2. The molecule has 0 aromatic rings. The summed E-state index contributed by atoms with van der Waals surface area (Å²) in [4.78, 5) is 2.69. The number of piperidine rings is 1. The average Bonchev–Trinajstić information content (AvgIpc) is 2.57. The molecule has 0 amide bonds. The summed E-state index contributed by atoms with van der Waals surface area (Å²) in [5.74, 6) is 1.76. The number of rotatable bonds is 1. The van der Waals surface area contributed by atoms with Crippen LogP contribution in [-0.2, 0) is 0 Å². The van der Waals surface area contributed by atoms with Gasteiger partial charge >= 0.3 is 0 Å². The zero-order valence-electron chi connectivity index (χ0n) is 9.79. The molecule has 0 spiro atoms. The van der Waals surface area contributed by atoms with Crippen molar-refractivity contribution in [2.75, 3.05) is 19.6 Å². The molecule has 2 aliphatic heterocycles. The highest BCUT2D eigenvalue weighted by Gasteiger charge is 2.31. The molecule has 4 atom stereocenters. The fourth-order valence-corrected chi connectivity index (χ4v) is 2.82. The van der Waals surface area contributed by atoms with Crippen molar-refractivity contribution in [2.24, 2.45) is 11.8 Å². The molecule has 0 aromatic carbocycles. The molecule has 0 radical (unpaired) electrons. The lowest BCUT2D eigenvalue weighted by Gasteiger charge is -2.38. The van der Waals surface area contributed by atoms with Crippen molar-refractivity contribution in [2.45, 2.75) is 45.7 Å². The molecule has 0 saturated carbocycles. The molecule has 4 unspecified atom stereocenters. The summed E-state index contributed by atoms with van der Waals surface area (Å²) in [6.07, 6.45) is 2.79. The third kappa shape index (κ3) is 2.12. The highest BCUT2D eigenvalue weighted by molar-refractivity contribution is 4.88. The molecule has 2 fully saturated rings. The second-order valence-corrected chi connectivity index (χ2v) is 5.45. The van der Waals surface area contributed by atoms with E-state index in [0.717, 1.165) is 17.9 Å². The minimum atomic E-state index is 0.714. The lowest BCUT2D eigenvalue weighted by atomic mass is 9.90. The van der Waals surface area contributed by atoms with Gasteiger partial charge in [0.25, 0.3) is 0 Å². The monoisotopic (exact) mass is 196 g/mol. The molecule has 0 aromatic heterocycles. The molecule has 2 aliphatic rings. The van der Waals surface area contributed by atoms with Gasteiger partial charge < -0.3 is 5.32 Å². The molecule has 2 heterocycles. The molecule has 2 heteroatoms. The number of nitrogens with zero attached hydrogens (tertiary/aromatic N) is 1. The molecule has 2 nitrogen and oxygen atoms in total. The van der Waals surface area contributed by atoms with E-state index in [9.17, 15) is 0 Å². The Morgan fingerprint density at radius 1 is 1.21 bits per heavy atom. The summed E-state index contributed by atoms with van der Waals surface area (Å²) in [6.45, 7) is 10.9. The van der Waals surface area contributed by atoms with Crippen molar-refractivity contribution in [1.29, 1.82) is 0 Å². The maximum atomic E-state index is 3.63. The zero-order chi connectivity index (χ0) is 10.1. The molecule has 2 rings (SSSR count). The van der Waals surface area contributed by atoms with E-state index in [1.54, 1.807) is 0 Å². The SMILES string of the molecule is CC1CCN(C2CNC(C)C(C)C2)C1. The van der Waals surface area contributed by atoms with E-state index >= 15 is 0 Å². The van der Waals surface area contributed by atoms with Gasteiger partial charge in [0.1, 0.15) is 0 Å². The Hall–Kier alpha value is -0.0800. The maximum Gasteiger partial charge on any atom is 0.0223 e. The maximum absolute atomic E-state index is 3.63. The van der Waals surface area contributed by atoms with Gasteiger partial charge in [-0.05, 0) is 38.1 Å². The van der Waals surface area contributed by atoms with Crippen molar-refractivity contribution >= 4 is 0 Å². The number of likely N-dealkylation sites (tertiary alicyclic amines) is 1. The van der Waals surface area contributed by atoms with Crippen LogP contribution in [-0.4, -0.2) is 36.6 Å². The summed E-state index contributed by atoms with van der Waals surface area (Å²) < 4.78 is 0. The molecule has 1 N–H and O–H groups in total. The van der Waals surface area contributed by atoms with Crippen molar-refractivity contribution in [1.82, 2.24) is 10.2 Å². The van der Waals surface area contributed by atoms with Crippen molar-refractivity contribution in [3.63, 3.8) is 0 Å². The second-order valence-electron chi connectivity index (χ2n) is 5.45. The first kappa shape index (κ1) is 10.4. The molecular weight excluding hydrogens is 172 g/mol. The first-order chi connectivity index (χ1) is 6.66. The molecule has 82 valence electrons. The zero-order valence-corrected chi connectivity index (χ0v) is 9.79. The van der Waals surface area contributed by atoms with Crippen LogP contribution in [0.3, 0.4) is 0 Å². The quantitative estimate of drug-likeness (QED) is 0.687. The Balaban J connectivity index is 1.87. The minimum Gasteiger partial charge on any atom is -0.312 e. The smallest absolute Gasteiger partial charge is 0.0223 e. The Kier molecular flexibility index (Phi) is 3.13. The second kappa shape index (κ2) is 4.19. The molecule has 14 heavy (non-hydrogen) atoms. The van der Waals surface area contributed by atoms with Crippen LogP contribution < -0.4 is 5.32 Å². The van der Waals surface area contributed by atoms with Crippen LogP contribution in [0.2, 0.25) is 0 Å². The lowest BCUT2D eigenvalue weighted by Crippen LogP contribution is -2.51. The van der Waals surface area contributed by atoms with Crippen LogP contribution in [0.15, 0.2) is 0 Å². The largest absolute Gasteiger partial charge is 0.312 e. The molecule has 0 aliphatic carbocycles. The standard InChI is InChI=1S/C12H24N2/c1-9-4-5-14(8-9)12-6-10(2)11(3)13-7-12/h9-13H,4-8H2,1-3H3. The van der Waals surface area contributed by atoms with E-state index in [2.05, 4.69) is 31.0 Å². The lowest BCUT2D eigenvalue weighted by molar-refractivity contribution is 0.149. The van der Waals surface area contributed by atoms with Gasteiger partial charge in [0.2, 0.25) is 0 Å². The predicted molar refractivity (Wildman–Crippen MR) is 60.4 cm³/mol. The van der Waals surface area contributed by atoms with Gasteiger partial charge in [-0.3, -0.25) is 4.90 Å². The average molecular weight is 196 g/mol. The van der Waals surface area contributed by atoms with E-state index in [-0.39, 0.29) is 0 Å². The first-order valence-corrected chi connectivity index (χ1v) is 6.14. The van der Waals surface area contributed by atoms with Gasteiger partial charge in [-0.2, -0.15) is 0 Å². The number of hydrogen-bond donors (Lipinski definition) is 1. The molecule has 2 saturated heterocycles. The Bertz CT molecular complexity index is 193. The van der Waals surface area contributed by atoms with E-state index in [4.69, 9.17) is 0 Å². The van der Waals surface area contributed by atoms with E-state index in [0.29, 0.717) is 6.04 Å². The van der Waals surface area contributed by atoms with Gasteiger partial charge in [-0.1, -0.05) is 13.8 Å². The van der Waals surface area contributed by atoms with Gasteiger partial charge in [0.05, 0.1) is 0 Å². The van der Waals surface area contributed by atoms with Gasteiger partial charge in [0.15, 0.2) is 0 Å². The highest BCUT2D eigenvalue weighted by atomic mass is 15.2. The van der Waals surface area contributed by atoms with Crippen LogP contribution in [0.1, 0.15) is 33.6 Å².